The van der Waals surface area contributed by atoms with Gasteiger partial charge in [-0.05, 0) is 25.8 Å². The number of nitrogens with zero attached hydrogens (tertiary/aromatic N) is 3. The number of hydrogen-bond acceptors (Lipinski definition) is 4. The lowest BCUT2D eigenvalue weighted by atomic mass is 9.78. The number of rotatable bonds is 5. The molecule has 20 heavy (non-hydrogen) atoms. The number of aryl methyl sites for hydroxylation is 1. The fraction of sp³-hybridized carbons (Fsp3) is 0.714. The van der Waals surface area contributed by atoms with Crippen molar-refractivity contribution < 1.29 is 9.90 Å². The maximum atomic E-state index is 12.0. The minimum absolute atomic E-state index is 0.0382. The standard InChI is InChI=1S/C14H24N4O2/c1-3-14(11-19)6-4-7-18(10-14)9-13(20)15-12-5-8-17(2)16-12/h5,8,19H,3-4,6-7,9-11H2,1-2H3,(H,15,16,20). The summed E-state index contributed by atoms with van der Waals surface area (Å²) in [6, 6.07) is 1.78. The van der Waals surface area contributed by atoms with Gasteiger partial charge in [0, 0.05) is 37.9 Å². The number of hydrogen-bond donors (Lipinski definition) is 2. The first-order valence-corrected chi connectivity index (χ1v) is 7.19. The van der Waals surface area contributed by atoms with E-state index in [1.54, 1.807) is 16.9 Å². The molecule has 1 unspecified atom stereocenters. The quantitative estimate of drug-likeness (QED) is 0.838. The molecule has 0 aliphatic carbocycles. The van der Waals surface area contributed by atoms with Gasteiger partial charge in [-0.25, -0.2) is 0 Å². The van der Waals surface area contributed by atoms with Crippen LogP contribution in [0.5, 0.6) is 0 Å². The van der Waals surface area contributed by atoms with Crippen LogP contribution in [0.15, 0.2) is 12.3 Å². The molecular weight excluding hydrogens is 256 g/mol. The highest BCUT2D eigenvalue weighted by Crippen LogP contribution is 2.32. The highest BCUT2D eigenvalue weighted by Gasteiger charge is 2.33. The van der Waals surface area contributed by atoms with Gasteiger partial charge in [-0.15, -0.1) is 0 Å². The monoisotopic (exact) mass is 280 g/mol. The summed E-state index contributed by atoms with van der Waals surface area (Å²) in [4.78, 5) is 14.1. The Balaban J connectivity index is 1.87. The van der Waals surface area contributed by atoms with Gasteiger partial charge in [-0.1, -0.05) is 6.92 Å². The first-order chi connectivity index (χ1) is 9.57. The summed E-state index contributed by atoms with van der Waals surface area (Å²) in [5.41, 5.74) is -0.0382. The van der Waals surface area contributed by atoms with E-state index in [9.17, 15) is 9.90 Å². The minimum Gasteiger partial charge on any atom is -0.396 e. The molecule has 0 saturated carbocycles. The molecule has 1 amide bonds. The van der Waals surface area contributed by atoms with Gasteiger partial charge in [0.25, 0.3) is 0 Å². The third-order valence-electron chi connectivity index (χ3n) is 4.17. The second-order valence-electron chi connectivity index (χ2n) is 5.75. The Kier molecular flexibility index (Phi) is 4.77. The summed E-state index contributed by atoms with van der Waals surface area (Å²) in [6.07, 6.45) is 4.82. The third kappa shape index (κ3) is 3.58. The van der Waals surface area contributed by atoms with E-state index < -0.39 is 0 Å². The lowest BCUT2D eigenvalue weighted by Crippen LogP contribution is -2.47. The molecule has 2 rings (SSSR count). The van der Waals surface area contributed by atoms with Gasteiger partial charge >= 0.3 is 0 Å². The largest absolute Gasteiger partial charge is 0.396 e. The number of aromatic nitrogens is 2. The van der Waals surface area contributed by atoms with Crippen LogP contribution < -0.4 is 5.32 Å². The average molecular weight is 280 g/mol. The van der Waals surface area contributed by atoms with Crippen LogP contribution in [-0.4, -0.2) is 51.9 Å². The molecule has 1 aliphatic rings. The zero-order chi connectivity index (χ0) is 14.6. The zero-order valence-corrected chi connectivity index (χ0v) is 12.3. The van der Waals surface area contributed by atoms with Gasteiger partial charge in [-0.3, -0.25) is 14.4 Å². The van der Waals surface area contributed by atoms with Gasteiger partial charge in [0.05, 0.1) is 6.54 Å². The van der Waals surface area contributed by atoms with Crippen molar-refractivity contribution in [1.82, 2.24) is 14.7 Å². The van der Waals surface area contributed by atoms with Crippen LogP contribution in [0.1, 0.15) is 26.2 Å². The molecule has 1 fully saturated rings. The summed E-state index contributed by atoms with van der Waals surface area (Å²) in [6.45, 7) is 4.36. The molecule has 1 atom stereocenters. The Morgan fingerprint density at radius 2 is 2.40 bits per heavy atom. The molecule has 0 aromatic carbocycles. The van der Waals surface area contributed by atoms with Crippen LogP contribution in [-0.2, 0) is 11.8 Å². The van der Waals surface area contributed by atoms with Crippen molar-refractivity contribution in [2.24, 2.45) is 12.5 Å². The molecule has 1 saturated heterocycles. The van der Waals surface area contributed by atoms with Crippen molar-refractivity contribution in [2.75, 3.05) is 31.6 Å². The maximum absolute atomic E-state index is 12.0. The Morgan fingerprint density at radius 3 is 3.00 bits per heavy atom. The molecule has 1 aromatic heterocycles. The van der Waals surface area contributed by atoms with Crippen molar-refractivity contribution >= 4 is 11.7 Å². The lowest BCUT2D eigenvalue weighted by molar-refractivity contribution is -0.118. The van der Waals surface area contributed by atoms with Crippen LogP contribution in [0.3, 0.4) is 0 Å². The van der Waals surface area contributed by atoms with Crippen molar-refractivity contribution in [3.8, 4) is 0 Å². The highest BCUT2D eigenvalue weighted by atomic mass is 16.3. The number of carbonyl (C=O) groups excluding carboxylic acids is 1. The Morgan fingerprint density at radius 1 is 1.60 bits per heavy atom. The predicted octanol–water partition coefficient (Wildman–Crippen LogP) is 0.843. The highest BCUT2D eigenvalue weighted by molar-refractivity contribution is 5.91. The molecule has 0 radical (unpaired) electrons. The molecule has 2 N–H and O–H groups in total. The second-order valence-corrected chi connectivity index (χ2v) is 5.75. The summed E-state index contributed by atoms with van der Waals surface area (Å²) >= 11 is 0. The molecule has 6 nitrogen and oxygen atoms in total. The first-order valence-electron chi connectivity index (χ1n) is 7.19. The number of carbonyl (C=O) groups is 1. The average Bonchev–Trinajstić information content (AvgIpc) is 2.84. The van der Waals surface area contributed by atoms with E-state index >= 15 is 0 Å². The fourth-order valence-corrected chi connectivity index (χ4v) is 2.84. The Labute approximate surface area is 119 Å². The number of amides is 1. The van der Waals surface area contributed by atoms with Gasteiger partial charge in [0.1, 0.15) is 0 Å². The van der Waals surface area contributed by atoms with E-state index in [1.807, 2.05) is 7.05 Å². The van der Waals surface area contributed by atoms with Crippen LogP contribution >= 0.6 is 0 Å². The number of nitrogens with one attached hydrogen (secondary N) is 1. The number of likely N-dealkylation sites (tertiary alicyclic amines) is 1. The molecule has 0 spiro atoms. The van der Waals surface area contributed by atoms with Gasteiger partial charge < -0.3 is 10.4 Å². The molecule has 112 valence electrons. The van der Waals surface area contributed by atoms with Crippen LogP contribution in [0, 0.1) is 5.41 Å². The van der Waals surface area contributed by atoms with E-state index in [0.717, 1.165) is 32.4 Å². The van der Waals surface area contributed by atoms with Crippen LogP contribution in [0.25, 0.3) is 0 Å². The molecule has 2 heterocycles. The fourth-order valence-electron chi connectivity index (χ4n) is 2.84. The molecule has 1 aromatic rings. The first kappa shape index (κ1) is 15.0. The van der Waals surface area contributed by atoms with Crippen molar-refractivity contribution in [3.63, 3.8) is 0 Å². The molecule has 0 bridgehead atoms. The normalized spacial score (nSPS) is 23.8. The number of piperidine rings is 1. The topological polar surface area (TPSA) is 70.4 Å². The van der Waals surface area contributed by atoms with Crippen molar-refractivity contribution in [3.05, 3.63) is 12.3 Å². The second kappa shape index (κ2) is 6.37. The number of aliphatic hydroxyl groups is 1. The molecule has 1 aliphatic heterocycles. The maximum Gasteiger partial charge on any atom is 0.239 e. The summed E-state index contributed by atoms with van der Waals surface area (Å²) < 4.78 is 1.66. The Hall–Kier alpha value is -1.40. The SMILES string of the molecule is CCC1(CO)CCCN(CC(=O)Nc2ccn(C)n2)C1. The van der Waals surface area contributed by atoms with Crippen LogP contribution in [0.2, 0.25) is 0 Å². The Bertz CT molecular complexity index is 454. The number of anilines is 1. The van der Waals surface area contributed by atoms with E-state index in [4.69, 9.17) is 0 Å². The minimum atomic E-state index is -0.0476. The van der Waals surface area contributed by atoms with Crippen molar-refractivity contribution in [2.45, 2.75) is 26.2 Å². The van der Waals surface area contributed by atoms with E-state index in [-0.39, 0.29) is 17.9 Å². The van der Waals surface area contributed by atoms with E-state index in [2.05, 4.69) is 22.2 Å². The van der Waals surface area contributed by atoms with Gasteiger partial charge in [-0.2, -0.15) is 5.10 Å². The van der Waals surface area contributed by atoms with E-state index in [0.29, 0.717) is 12.4 Å². The molecule has 6 heteroatoms. The smallest absolute Gasteiger partial charge is 0.239 e. The van der Waals surface area contributed by atoms with E-state index in [1.165, 1.54) is 0 Å². The summed E-state index contributed by atoms with van der Waals surface area (Å²) in [5, 5.41) is 16.5. The lowest BCUT2D eigenvalue weighted by Gasteiger charge is -2.41. The van der Waals surface area contributed by atoms with Crippen molar-refractivity contribution in [1.29, 1.82) is 0 Å². The zero-order valence-electron chi connectivity index (χ0n) is 12.3. The van der Waals surface area contributed by atoms with Gasteiger partial charge in [0.2, 0.25) is 5.91 Å². The third-order valence-corrected chi connectivity index (χ3v) is 4.17. The van der Waals surface area contributed by atoms with Gasteiger partial charge in [0.15, 0.2) is 5.82 Å². The predicted molar refractivity (Wildman–Crippen MR) is 77.3 cm³/mol. The summed E-state index contributed by atoms with van der Waals surface area (Å²) in [7, 11) is 1.82. The van der Waals surface area contributed by atoms with Crippen LogP contribution in [0.4, 0.5) is 5.82 Å². The molecular formula is C14H24N4O2. The number of aliphatic hydroxyl groups excluding tert-OH is 1. The summed E-state index contributed by atoms with van der Waals surface area (Å²) in [5.74, 6) is 0.534.